The van der Waals surface area contributed by atoms with E-state index in [2.05, 4.69) is 44.4 Å². The number of halogens is 1. The molecule has 1 atom stereocenters. The van der Waals surface area contributed by atoms with E-state index in [4.69, 9.17) is 10.7 Å². The van der Waals surface area contributed by atoms with Gasteiger partial charge in [-0.25, -0.2) is 9.37 Å². The van der Waals surface area contributed by atoms with Crippen molar-refractivity contribution < 1.29 is 9.18 Å². The maximum atomic E-state index is 14.0. The van der Waals surface area contributed by atoms with E-state index in [9.17, 15) is 9.18 Å². The molecule has 1 fully saturated rings. The number of likely N-dealkylation sites (tertiary alicyclic amines) is 1. The van der Waals surface area contributed by atoms with Crippen LogP contribution in [0.3, 0.4) is 0 Å². The monoisotopic (exact) mass is 528 g/mol. The first-order chi connectivity index (χ1) is 18.9. The second-order valence-corrected chi connectivity index (χ2v) is 10.4. The number of piperidine rings is 1. The van der Waals surface area contributed by atoms with Crippen LogP contribution in [0.4, 0.5) is 15.8 Å². The molecule has 3 aromatic carbocycles. The van der Waals surface area contributed by atoms with Crippen molar-refractivity contribution in [3.05, 3.63) is 89.5 Å². The lowest BCUT2D eigenvalue weighted by atomic mass is 10.0. The van der Waals surface area contributed by atoms with Crippen LogP contribution >= 0.6 is 0 Å². The van der Waals surface area contributed by atoms with E-state index >= 15 is 0 Å². The molecule has 4 aromatic rings. The van der Waals surface area contributed by atoms with E-state index in [1.165, 1.54) is 11.6 Å². The molecular formula is C31H37FN6O. The van der Waals surface area contributed by atoms with Crippen LogP contribution in [0.25, 0.3) is 11.0 Å². The number of nitrogens with one attached hydrogen (secondary N) is 2. The number of rotatable bonds is 9. The standard InChI is InChI=1S/C31H37FN6O/c1-21(38-17-15-24(16-18-38)34-27-6-4-3-5-26(27)32)31(39)35-25-12-13-29-28(19-25)36-30(37(29)2)14-11-22-7-9-23(20-33)10-8-22/h3-10,12-13,19,21,24,34H,11,14-18,20,33H2,1-2H3,(H,35,39). The Hall–Kier alpha value is -3.75. The zero-order chi connectivity index (χ0) is 27.4. The molecule has 4 N–H and O–H groups in total. The molecule has 204 valence electrons. The average molecular weight is 529 g/mol. The Labute approximate surface area is 229 Å². The lowest BCUT2D eigenvalue weighted by molar-refractivity contribution is -0.121. The molecule has 1 aliphatic heterocycles. The van der Waals surface area contributed by atoms with Gasteiger partial charge in [-0.1, -0.05) is 36.4 Å². The normalized spacial score (nSPS) is 15.4. The molecule has 1 amide bonds. The number of anilines is 2. The minimum Gasteiger partial charge on any atom is -0.380 e. The van der Waals surface area contributed by atoms with E-state index in [1.54, 1.807) is 12.1 Å². The largest absolute Gasteiger partial charge is 0.380 e. The van der Waals surface area contributed by atoms with E-state index < -0.39 is 0 Å². The Morgan fingerprint density at radius 2 is 1.77 bits per heavy atom. The molecule has 1 aliphatic rings. The topological polar surface area (TPSA) is 88.2 Å². The van der Waals surface area contributed by atoms with Crippen molar-refractivity contribution in [3.8, 4) is 0 Å². The van der Waals surface area contributed by atoms with Gasteiger partial charge in [-0.05, 0) is 67.6 Å². The van der Waals surface area contributed by atoms with Crippen molar-refractivity contribution in [2.45, 2.75) is 51.2 Å². The van der Waals surface area contributed by atoms with Crippen molar-refractivity contribution >= 4 is 28.3 Å². The lowest BCUT2D eigenvalue weighted by Gasteiger charge is -2.36. The number of hydrogen-bond donors (Lipinski definition) is 3. The van der Waals surface area contributed by atoms with Gasteiger partial charge in [0, 0.05) is 44.8 Å². The minimum absolute atomic E-state index is 0.0352. The van der Waals surface area contributed by atoms with Crippen molar-refractivity contribution in [1.82, 2.24) is 14.5 Å². The number of para-hydroxylation sites is 1. The first-order valence-corrected chi connectivity index (χ1v) is 13.7. The van der Waals surface area contributed by atoms with Gasteiger partial charge >= 0.3 is 0 Å². The number of benzene rings is 3. The van der Waals surface area contributed by atoms with Gasteiger partial charge in [-0.15, -0.1) is 0 Å². The summed E-state index contributed by atoms with van der Waals surface area (Å²) in [5, 5.41) is 6.39. The number of carbonyl (C=O) groups excluding carboxylic acids is 1. The number of aromatic nitrogens is 2. The highest BCUT2D eigenvalue weighted by Gasteiger charge is 2.27. The van der Waals surface area contributed by atoms with Crippen LogP contribution in [-0.2, 0) is 31.2 Å². The molecule has 39 heavy (non-hydrogen) atoms. The summed E-state index contributed by atoms with van der Waals surface area (Å²) >= 11 is 0. The molecule has 0 spiro atoms. The smallest absolute Gasteiger partial charge is 0.241 e. The predicted molar refractivity (Wildman–Crippen MR) is 155 cm³/mol. The quantitative estimate of drug-likeness (QED) is 0.289. The maximum absolute atomic E-state index is 14.0. The fourth-order valence-corrected chi connectivity index (χ4v) is 5.29. The summed E-state index contributed by atoms with van der Waals surface area (Å²) in [6, 6.07) is 21.0. The van der Waals surface area contributed by atoms with Gasteiger partial charge in [0.05, 0.1) is 22.8 Å². The van der Waals surface area contributed by atoms with E-state index in [1.807, 2.05) is 38.2 Å². The number of amides is 1. The number of imidazole rings is 1. The molecule has 0 saturated carbocycles. The van der Waals surface area contributed by atoms with Gasteiger partial charge in [-0.3, -0.25) is 9.69 Å². The van der Waals surface area contributed by atoms with Crippen LogP contribution in [0.1, 0.15) is 36.7 Å². The van der Waals surface area contributed by atoms with Crippen LogP contribution in [-0.4, -0.2) is 45.5 Å². The maximum Gasteiger partial charge on any atom is 0.241 e. The summed E-state index contributed by atoms with van der Waals surface area (Å²) in [7, 11) is 2.03. The zero-order valence-electron chi connectivity index (χ0n) is 22.7. The summed E-state index contributed by atoms with van der Waals surface area (Å²) in [4.78, 5) is 20.1. The summed E-state index contributed by atoms with van der Waals surface area (Å²) in [5.41, 5.74) is 11.3. The SMILES string of the molecule is CC(C(=O)Nc1ccc2c(c1)nc(CCc1ccc(CN)cc1)n2C)N1CCC(Nc2ccccc2F)CC1. The highest BCUT2D eigenvalue weighted by Crippen LogP contribution is 2.23. The van der Waals surface area contributed by atoms with Crippen LogP contribution in [0.15, 0.2) is 66.7 Å². The average Bonchev–Trinajstić information content (AvgIpc) is 3.27. The number of aryl methyl sites for hydroxylation is 3. The molecule has 0 bridgehead atoms. The number of fused-ring (bicyclic) bond motifs is 1. The first-order valence-electron chi connectivity index (χ1n) is 13.7. The van der Waals surface area contributed by atoms with Gasteiger partial charge in [-0.2, -0.15) is 0 Å². The van der Waals surface area contributed by atoms with Gasteiger partial charge < -0.3 is 20.9 Å². The fourth-order valence-electron chi connectivity index (χ4n) is 5.29. The summed E-state index contributed by atoms with van der Waals surface area (Å²) in [6.07, 6.45) is 3.43. The molecular weight excluding hydrogens is 491 g/mol. The number of nitrogens with two attached hydrogens (primary N) is 1. The summed E-state index contributed by atoms with van der Waals surface area (Å²) < 4.78 is 16.1. The highest BCUT2D eigenvalue weighted by molar-refractivity contribution is 5.96. The number of hydrogen-bond acceptors (Lipinski definition) is 5. The lowest BCUT2D eigenvalue weighted by Crippen LogP contribution is -2.48. The molecule has 2 heterocycles. The third kappa shape index (κ3) is 6.29. The fraction of sp³-hybridized carbons (Fsp3) is 0.355. The van der Waals surface area contributed by atoms with Crippen molar-refractivity contribution in [2.24, 2.45) is 12.8 Å². The van der Waals surface area contributed by atoms with E-state index in [0.717, 1.165) is 66.9 Å². The van der Waals surface area contributed by atoms with Gasteiger partial charge in [0.1, 0.15) is 11.6 Å². The van der Waals surface area contributed by atoms with E-state index in [0.29, 0.717) is 12.2 Å². The molecule has 1 aromatic heterocycles. The Balaban J connectivity index is 1.16. The molecule has 8 heteroatoms. The minimum atomic E-state index is -0.264. The Morgan fingerprint density at radius 3 is 2.49 bits per heavy atom. The third-order valence-electron chi connectivity index (χ3n) is 7.83. The van der Waals surface area contributed by atoms with Crippen molar-refractivity contribution in [2.75, 3.05) is 23.7 Å². The molecule has 1 unspecified atom stereocenters. The zero-order valence-corrected chi connectivity index (χ0v) is 22.7. The first kappa shape index (κ1) is 26.8. The molecule has 0 radical (unpaired) electrons. The van der Waals surface area contributed by atoms with Crippen molar-refractivity contribution in [1.29, 1.82) is 0 Å². The van der Waals surface area contributed by atoms with Crippen LogP contribution in [0.2, 0.25) is 0 Å². The highest BCUT2D eigenvalue weighted by atomic mass is 19.1. The Kier molecular flexibility index (Phi) is 8.24. The Morgan fingerprint density at radius 1 is 1.05 bits per heavy atom. The molecule has 0 aliphatic carbocycles. The van der Waals surface area contributed by atoms with Crippen molar-refractivity contribution in [3.63, 3.8) is 0 Å². The van der Waals surface area contributed by atoms with Gasteiger partial charge in [0.2, 0.25) is 5.91 Å². The molecule has 1 saturated heterocycles. The molecule has 7 nitrogen and oxygen atoms in total. The predicted octanol–water partition coefficient (Wildman–Crippen LogP) is 4.86. The Bertz CT molecular complexity index is 1430. The molecule has 5 rings (SSSR count). The van der Waals surface area contributed by atoms with Gasteiger partial charge in [0.15, 0.2) is 0 Å². The second kappa shape index (κ2) is 12.0. The van der Waals surface area contributed by atoms with Crippen LogP contribution in [0.5, 0.6) is 0 Å². The number of carbonyl (C=O) groups is 1. The van der Waals surface area contributed by atoms with Gasteiger partial charge in [0.25, 0.3) is 0 Å². The summed E-state index contributed by atoms with van der Waals surface area (Å²) in [5.74, 6) is 0.742. The second-order valence-electron chi connectivity index (χ2n) is 10.4. The van der Waals surface area contributed by atoms with Crippen LogP contribution in [0, 0.1) is 5.82 Å². The van der Waals surface area contributed by atoms with E-state index in [-0.39, 0.29) is 23.8 Å². The van der Waals surface area contributed by atoms with Crippen LogP contribution < -0.4 is 16.4 Å². The number of nitrogens with zero attached hydrogens (tertiary/aromatic N) is 3. The third-order valence-corrected chi connectivity index (χ3v) is 7.83. The summed E-state index contributed by atoms with van der Waals surface area (Å²) in [6.45, 7) is 4.05.